The first kappa shape index (κ1) is 13.9. The summed E-state index contributed by atoms with van der Waals surface area (Å²) in [5, 5.41) is 1.28. The minimum Gasteiger partial charge on any atom is -0.466 e. The van der Waals surface area contributed by atoms with Gasteiger partial charge in [0.2, 0.25) is 0 Å². The van der Waals surface area contributed by atoms with Gasteiger partial charge in [0, 0.05) is 16.6 Å². The molecular formula is C19H23NO2. The topological polar surface area (TPSA) is 42.1 Å². The number of carbonyl (C=O) groups excluding carboxylic acids is 1. The van der Waals surface area contributed by atoms with E-state index in [-0.39, 0.29) is 11.4 Å². The van der Waals surface area contributed by atoms with E-state index in [9.17, 15) is 4.79 Å². The predicted molar refractivity (Wildman–Crippen MR) is 86.7 cm³/mol. The number of benzene rings is 1. The lowest BCUT2D eigenvalue weighted by atomic mass is 9.59. The molecule has 2 aliphatic rings. The first-order chi connectivity index (χ1) is 10.7. The third kappa shape index (κ3) is 1.91. The van der Waals surface area contributed by atoms with Crippen molar-refractivity contribution in [2.75, 3.05) is 6.61 Å². The van der Waals surface area contributed by atoms with E-state index in [1.54, 1.807) is 0 Å². The molecule has 1 N–H and O–H groups in total. The molecule has 0 unspecified atom stereocenters. The molecule has 1 fully saturated rings. The highest BCUT2D eigenvalue weighted by Gasteiger charge is 2.51. The van der Waals surface area contributed by atoms with Crippen molar-refractivity contribution in [2.24, 2.45) is 11.3 Å². The van der Waals surface area contributed by atoms with Crippen molar-refractivity contribution in [1.82, 2.24) is 4.98 Å². The van der Waals surface area contributed by atoms with E-state index in [4.69, 9.17) is 4.74 Å². The largest absolute Gasteiger partial charge is 0.466 e. The highest BCUT2D eigenvalue weighted by Crippen LogP contribution is 2.51. The Kier molecular flexibility index (Phi) is 3.24. The zero-order valence-electron chi connectivity index (χ0n) is 13.2. The highest BCUT2D eigenvalue weighted by molar-refractivity contribution is 5.87. The SMILES string of the molecule is CCOC(=O)[C@@]12CCCC[C@H]1Cc1[nH]c3ccccc3c1C2. The zero-order valence-corrected chi connectivity index (χ0v) is 13.2. The highest BCUT2D eigenvalue weighted by atomic mass is 16.5. The Morgan fingerprint density at radius 3 is 3.09 bits per heavy atom. The van der Waals surface area contributed by atoms with Gasteiger partial charge in [0.1, 0.15) is 0 Å². The number of hydrogen-bond acceptors (Lipinski definition) is 2. The molecule has 0 radical (unpaired) electrons. The average Bonchev–Trinajstić information content (AvgIpc) is 2.90. The Hall–Kier alpha value is -1.77. The molecule has 22 heavy (non-hydrogen) atoms. The third-order valence-electron chi connectivity index (χ3n) is 5.73. The normalized spacial score (nSPS) is 27.2. The molecule has 3 heteroatoms. The summed E-state index contributed by atoms with van der Waals surface area (Å²) in [5.41, 5.74) is 3.60. The summed E-state index contributed by atoms with van der Waals surface area (Å²) >= 11 is 0. The van der Waals surface area contributed by atoms with Crippen LogP contribution in [0.3, 0.4) is 0 Å². The van der Waals surface area contributed by atoms with Gasteiger partial charge < -0.3 is 9.72 Å². The Morgan fingerprint density at radius 1 is 1.36 bits per heavy atom. The van der Waals surface area contributed by atoms with E-state index in [2.05, 4.69) is 29.2 Å². The zero-order chi connectivity index (χ0) is 15.2. The van der Waals surface area contributed by atoms with E-state index in [1.807, 2.05) is 6.92 Å². The fraction of sp³-hybridized carbons (Fsp3) is 0.526. The molecule has 4 rings (SSSR count). The van der Waals surface area contributed by atoms with Crippen LogP contribution < -0.4 is 0 Å². The Morgan fingerprint density at radius 2 is 2.23 bits per heavy atom. The summed E-state index contributed by atoms with van der Waals surface area (Å²) in [6.07, 6.45) is 6.34. The Labute approximate surface area is 131 Å². The molecule has 116 valence electrons. The van der Waals surface area contributed by atoms with Crippen molar-refractivity contribution in [3.05, 3.63) is 35.5 Å². The quantitative estimate of drug-likeness (QED) is 0.851. The van der Waals surface area contributed by atoms with Gasteiger partial charge in [-0.2, -0.15) is 0 Å². The van der Waals surface area contributed by atoms with Gasteiger partial charge in [0.05, 0.1) is 12.0 Å². The van der Waals surface area contributed by atoms with Crippen LogP contribution in [0.2, 0.25) is 0 Å². The first-order valence-electron chi connectivity index (χ1n) is 8.50. The number of para-hydroxylation sites is 1. The molecule has 2 aliphatic carbocycles. The second-order valence-electron chi connectivity index (χ2n) is 6.83. The van der Waals surface area contributed by atoms with Crippen molar-refractivity contribution >= 4 is 16.9 Å². The van der Waals surface area contributed by atoms with Crippen molar-refractivity contribution in [2.45, 2.75) is 45.4 Å². The molecule has 1 saturated carbocycles. The van der Waals surface area contributed by atoms with E-state index >= 15 is 0 Å². The Balaban J connectivity index is 1.82. The number of hydrogen-bond donors (Lipinski definition) is 1. The first-order valence-corrected chi connectivity index (χ1v) is 8.50. The molecule has 0 spiro atoms. The van der Waals surface area contributed by atoms with Crippen LogP contribution in [0, 0.1) is 11.3 Å². The molecule has 0 saturated heterocycles. The molecular weight excluding hydrogens is 274 g/mol. The summed E-state index contributed by atoms with van der Waals surface area (Å²) < 4.78 is 5.50. The molecule has 0 aliphatic heterocycles. The number of aromatic nitrogens is 1. The monoisotopic (exact) mass is 297 g/mol. The molecule has 1 heterocycles. The molecule has 3 nitrogen and oxygen atoms in total. The van der Waals surface area contributed by atoms with E-state index in [0.717, 1.165) is 32.1 Å². The van der Waals surface area contributed by atoms with Crippen molar-refractivity contribution in [3.63, 3.8) is 0 Å². The van der Waals surface area contributed by atoms with E-state index in [1.165, 1.54) is 28.6 Å². The fourth-order valence-corrected chi connectivity index (χ4v) is 4.65. The molecule has 2 atom stereocenters. The average molecular weight is 297 g/mol. The maximum Gasteiger partial charge on any atom is 0.312 e. The number of fused-ring (bicyclic) bond motifs is 4. The number of rotatable bonds is 2. The summed E-state index contributed by atoms with van der Waals surface area (Å²) in [5.74, 6) is 0.469. The number of nitrogens with one attached hydrogen (secondary N) is 1. The minimum atomic E-state index is -0.285. The number of esters is 1. The minimum absolute atomic E-state index is 0.0376. The van der Waals surface area contributed by atoms with Crippen LogP contribution in [0.4, 0.5) is 0 Å². The maximum atomic E-state index is 12.8. The van der Waals surface area contributed by atoms with Crippen LogP contribution in [0.25, 0.3) is 10.9 Å². The molecule has 2 aromatic rings. The summed E-state index contributed by atoms with van der Waals surface area (Å²) in [6.45, 7) is 2.39. The molecule has 0 bridgehead atoms. The lowest BCUT2D eigenvalue weighted by Crippen LogP contribution is -2.47. The van der Waals surface area contributed by atoms with Gasteiger partial charge in [-0.25, -0.2) is 0 Å². The van der Waals surface area contributed by atoms with Crippen LogP contribution in [0.5, 0.6) is 0 Å². The number of aromatic amines is 1. The van der Waals surface area contributed by atoms with Gasteiger partial charge in [0.25, 0.3) is 0 Å². The van der Waals surface area contributed by atoms with Crippen LogP contribution in [-0.4, -0.2) is 17.6 Å². The summed E-state index contributed by atoms with van der Waals surface area (Å²) in [6, 6.07) is 8.46. The van der Waals surface area contributed by atoms with E-state index < -0.39 is 0 Å². The van der Waals surface area contributed by atoms with Crippen molar-refractivity contribution in [3.8, 4) is 0 Å². The Bertz CT molecular complexity index is 717. The number of carbonyl (C=O) groups is 1. The van der Waals surface area contributed by atoms with Gasteiger partial charge in [0.15, 0.2) is 0 Å². The summed E-state index contributed by atoms with van der Waals surface area (Å²) in [4.78, 5) is 16.4. The van der Waals surface area contributed by atoms with Gasteiger partial charge in [-0.15, -0.1) is 0 Å². The van der Waals surface area contributed by atoms with Gasteiger partial charge in [-0.05, 0) is 50.2 Å². The molecule has 1 aromatic carbocycles. The lowest BCUT2D eigenvalue weighted by molar-refractivity contribution is -0.162. The van der Waals surface area contributed by atoms with Crippen molar-refractivity contribution in [1.29, 1.82) is 0 Å². The predicted octanol–water partition coefficient (Wildman–Crippen LogP) is 4.01. The van der Waals surface area contributed by atoms with Gasteiger partial charge in [-0.3, -0.25) is 4.79 Å². The van der Waals surface area contributed by atoms with Crippen LogP contribution >= 0.6 is 0 Å². The van der Waals surface area contributed by atoms with Crippen LogP contribution in [-0.2, 0) is 22.4 Å². The van der Waals surface area contributed by atoms with Crippen molar-refractivity contribution < 1.29 is 9.53 Å². The summed E-state index contributed by atoms with van der Waals surface area (Å²) in [7, 11) is 0. The van der Waals surface area contributed by atoms with Crippen LogP contribution in [0.15, 0.2) is 24.3 Å². The number of ether oxygens (including phenoxy) is 1. The smallest absolute Gasteiger partial charge is 0.312 e. The van der Waals surface area contributed by atoms with Gasteiger partial charge >= 0.3 is 5.97 Å². The van der Waals surface area contributed by atoms with E-state index in [0.29, 0.717) is 12.5 Å². The second-order valence-corrected chi connectivity index (χ2v) is 6.83. The van der Waals surface area contributed by atoms with Gasteiger partial charge in [-0.1, -0.05) is 31.0 Å². The standard InChI is InChI=1S/C19H23NO2/c1-2-22-18(21)19-10-6-5-7-13(19)11-17-15(12-19)14-8-3-4-9-16(14)20-17/h3-4,8-9,13,20H,2,5-7,10-12H2,1H3/t13-,19+/m0/s1. The maximum absolute atomic E-state index is 12.8. The molecule has 1 aromatic heterocycles. The third-order valence-corrected chi connectivity index (χ3v) is 5.73. The molecule has 0 amide bonds. The lowest BCUT2D eigenvalue weighted by Gasteiger charge is -2.45. The number of H-pyrrole nitrogens is 1. The second kappa shape index (κ2) is 5.15. The van der Waals surface area contributed by atoms with Crippen LogP contribution in [0.1, 0.15) is 43.9 Å². The fourth-order valence-electron chi connectivity index (χ4n) is 4.65.